The Hall–Kier alpha value is -2.67. The van der Waals surface area contributed by atoms with Crippen molar-refractivity contribution in [3.63, 3.8) is 0 Å². The molecule has 0 radical (unpaired) electrons. The topological polar surface area (TPSA) is 72.3 Å². The number of carbonyl (C=O) groups is 1. The van der Waals surface area contributed by atoms with Crippen LogP contribution in [-0.4, -0.2) is 42.1 Å². The number of hydrogen-bond acceptors (Lipinski definition) is 4. The van der Waals surface area contributed by atoms with E-state index in [0.29, 0.717) is 17.9 Å². The van der Waals surface area contributed by atoms with Crippen molar-refractivity contribution in [3.05, 3.63) is 66.0 Å². The van der Waals surface area contributed by atoms with E-state index >= 15 is 0 Å². The Balaban J connectivity index is 1.87. The molecule has 0 spiro atoms. The van der Waals surface area contributed by atoms with Gasteiger partial charge in [-0.15, -0.1) is 0 Å². The van der Waals surface area contributed by atoms with Crippen molar-refractivity contribution in [2.75, 3.05) is 13.3 Å². The van der Waals surface area contributed by atoms with Crippen LogP contribution in [0.15, 0.2) is 54.6 Å². The maximum atomic E-state index is 12.7. The van der Waals surface area contributed by atoms with E-state index in [1.807, 2.05) is 54.6 Å². The lowest BCUT2D eigenvalue weighted by molar-refractivity contribution is -0.131. The van der Waals surface area contributed by atoms with Crippen LogP contribution in [0.25, 0.3) is 11.0 Å². The van der Waals surface area contributed by atoms with E-state index in [2.05, 4.69) is 4.98 Å². The van der Waals surface area contributed by atoms with Crippen molar-refractivity contribution in [2.45, 2.75) is 18.8 Å². The Morgan fingerprint density at radius 3 is 2.42 bits per heavy atom. The van der Waals surface area contributed by atoms with Crippen LogP contribution < -0.4 is 0 Å². The minimum atomic E-state index is -3.26. The minimum Gasteiger partial charge on any atom is -0.340 e. The molecule has 1 amide bonds. The third-order valence-corrected chi connectivity index (χ3v) is 4.89. The van der Waals surface area contributed by atoms with Gasteiger partial charge in [-0.05, 0) is 17.7 Å². The fourth-order valence-electron chi connectivity index (χ4n) is 2.85. The zero-order chi connectivity index (χ0) is 18.7. The number of amides is 1. The van der Waals surface area contributed by atoms with Gasteiger partial charge in [0, 0.05) is 19.8 Å². The number of likely N-dealkylation sites (N-methyl/N-ethyl adjacent to an activating group) is 1. The fraction of sp³-hybridized carbons (Fsp3) is 0.263. The third-order valence-electron chi connectivity index (χ3n) is 4.11. The van der Waals surface area contributed by atoms with Crippen molar-refractivity contribution in [3.8, 4) is 0 Å². The van der Waals surface area contributed by atoms with Crippen LogP contribution in [0.3, 0.4) is 0 Å². The highest BCUT2D eigenvalue weighted by molar-refractivity contribution is 7.89. The molecule has 0 saturated heterocycles. The van der Waals surface area contributed by atoms with Gasteiger partial charge >= 0.3 is 0 Å². The molecule has 0 aliphatic carbocycles. The first-order valence-electron chi connectivity index (χ1n) is 8.23. The largest absolute Gasteiger partial charge is 0.340 e. The third kappa shape index (κ3) is 4.29. The number of fused-ring (bicyclic) bond motifs is 1. The van der Waals surface area contributed by atoms with Gasteiger partial charge in [-0.3, -0.25) is 4.79 Å². The van der Waals surface area contributed by atoms with Gasteiger partial charge in [0.05, 0.1) is 11.0 Å². The Kier molecular flexibility index (Phi) is 5.08. The zero-order valence-corrected chi connectivity index (χ0v) is 15.6. The Bertz CT molecular complexity index is 1030. The molecule has 1 heterocycles. The summed E-state index contributed by atoms with van der Waals surface area (Å²) < 4.78 is 25.2. The summed E-state index contributed by atoms with van der Waals surface area (Å²) in [7, 11) is -1.52. The summed E-state index contributed by atoms with van der Waals surface area (Å²) in [6.45, 7) is 0.544. The highest BCUT2D eigenvalue weighted by atomic mass is 32.2. The highest BCUT2D eigenvalue weighted by Crippen LogP contribution is 2.18. The molecule has 0 aliphatic rings. The molecular formula is C19H21N3O3S. The highest BCUT2D eigenvalue weighted by Gasteiger charge is 2.19. The number of nitrogens with zero attached hydrogens (tertiary/aromatic N) is 3. The van der Waals surface area contributed by atoms with Crippen LogP contribution in [-0.2, 0) is 33.5 Å². The molecule has 3 rings (SSSR count). The number of carbonyl (C=O) groups excluding carboxylic acids is 1. The first-order chi connectivity index (χ1) is 12.3. The summed E-state index contributed by atoms with van der Waals surface area (Å²) in [4.78, 5) is 18.7. The quantitative estimate of drug-likeness (QED) is 0.666. The maximum Gasteiger partial charge on any atom is 0.242 e. The number of aromatic nitrogens is 2. The summed E-state index contributed by atoms with van der Waals surface area (Å²) in [5.74, 6) is 0.0825. The number of para-hydroxylation sites is 2. The minimum absolute atomic E-state index is 0.0503. The maximum absolute atomic E-state index is 12.7. The molecule has 7 heteroatoms. The number of imidazole rings is 1. The lowest BCUT2D eigenvalue weighted by atomic mass is 10.2. The van der Waals surface area contributed by atoms with Crippen molar-refractivity contribution in [2.24, 2.45) is 0 Å². The Morgan fingerprint density at radius 2 is 1.73 bits per heavy atom. The Morgan fingerprint density at radius 1 is 1.08 bits per heavy atom. The summed E-state index contributed by atoms with van der Waals surface area (Å²) in [6.07, 6.45) is 1.17. The molecule has 1 aromatic heterocycles. The molecule has 6 nitrogen and oxygen atoms in total. The van der Waals surface area contributed by atoms with Crippen LogP contribution in [0.1, 0.15) is 11.4 Å². The lowest BCUT2D eigenvalue weighted by Gasteiger charge is -2.18. The molecule has 2 aromatic carbocycles. The second-order valence-electron chi connectivity index (χ2n) is 6.41. The summed E-state index contributed by atoms with van der Waals surface area (Å²) in [5.41, 5.74) is 2.48. The summed E-state index contributed by atoms with van der Waals surface area (Å²) in [5, 5.41) is 0. The van der Waals surface area contributed by atoms with Gasteiger partial charge in [0.1, 0.15) is 18.1 Å². The van der Waals surface area contributed by atoms with E-state index in [-0.39, 0.29) is 18.2 Å². The molecule has 136 valence electrons. The van der Waals surface area contributed by atoms with Gasteiger partial charge in [0.15, 0.2) is 9.84 Å². The van der Waals surface area contributed by atoms with Gasteiger partial charge in [0.2, 0.25) is 5.91 Å². The van der Waals surface area contributed by atoms with Gasteiger partial charge in [-0.1, -0.05) is 42.5 Å². The second-order valence-corrected chi connectivity index (χ2v) is 8.55. The SMILES string of the molecule is CN(Cc1ccccc1)C(=O)Cn1c(CS(C)(=O)=O)nc2ccccc21. The zero-order valence-electron chi connectivity index (χ0n) is 14.8. The molecule has 0 fully saturated rings. The van der Waals surface area contributed by atoms with Gasteiger partial charge in [-0.2, -0.15) is 0 Å². The summed E-state index contributed by atoms with van der Waals surface area (Å²) >= 11 is 0. The molecule has 26 heavy (non-hydrogen) atoms. The molecule has 0 bridgehead atoms. The van der Waals surface area contributed by atoms with Crippen LogP contribution in [0.5, 0.6) is 0 Å². The van der Waals surface area contributed by atoms with Gasteiger partial charge in [-0.25, -0.2) is 13.4 Å². The number of rotatable bonds is 6. The van der Waals surface area contributed by atoms with E-state index in [0.717, 1.165) is 11.1 Å². The normalized spacial score (nSPS) is 11.6. The number of benzene rings is 2. The van der Waals surface area contributed by atoms with Gasteiger partial charge in [0.25, 0.3) is 0 Å². The van der Waals surface area contributed by atoms with Crippen LogP contribution >= 0.6 is 0 Å². The predicted molar refractivity (Wildman–Crippen MR) is 101 cm³/mol. The van der Waals surface area contributed by atoms with Crippen LogP contribution in [0, 0.1) is 0 Å². The Labute approximate surface area is 153 Å². The number of sulfone groups is 1. The lowest BCUT2D eigenvalue weighted by Crippen LogP contribution is -2.30. The molecule has 0 atom stereocenters. The molecular weight excluding hydrogens is 350 g/mol. The average Bonchev–Trinajstić information content (AvgIpc) is 2.91. The molecule has 0 aliphatic heterocycles. The molecule has 3 aromatic rings. The molecule has 0 N–H and O–H groups in total. The monoisotopic (exact) mass is 371 g/mol. The van der Waals surface area contributed by atoms with E-state index in [4.69, 9.17) is 0 Å². The fourth-order valence-corrected chi connectivity index (χ4v) is 3.54. The standard InChI is InChI=1S/C19H21N3O3S/c1-21(12-15-8-4-3-5-9-15)19(23)13-22-17-11-7-6-10-16(17)20-18(22)14-26(2,24)25/h3-11H,12-14H2,1-2H3. The summed E-state index contributed by atoms with van der Waals surface area (Å²) in [6, 6.07) is 17.1. The molecule has 0 unspecified atom stereocenters. The van der Waals surface area contributed by atoms with Crippen molar-refractivity contribution >= 4 is 26.8 Å². The second kappa shape index (κ2) is 7.29. The van der Waals surface area contributed by atoms with Crippen LogP contribution in [0.2, 0.25) is 0 Å². The average molecular weight is 371 g/mol. The smallest absolute Gasteiger partial charge is 0.242 e. The van der Waals surface area contributed by atoms with E-state index in [1.165, 1.54) is 6.26 Å². The van der Waals surface area contributed by atoms with Crippen LogP contribution in [0.4, 0.5) is 0 Å². The first kappa shape index (κ1) is 18.1. The molecule has 0 saturated carbocycles. The van der Waals surface area contributed by atoms with E-state index in [1.54, 1.807) is 16.5 Å². The van der Waals surface area contributed by atoms with E-state index < -0.39 is 9.84 Å². The van der Waals surface area contributed by atoms with E-state index in [9.17, 15) is 13.2 Å². The number of hydrogen-bond donors (Lipinski definition) is 0. The van der Waals surface area contributed by atoms with Crippen molar-refractivity contribution < 1.29 is 13.2 Å². The predicted octanol–water partition coefficient (Wildman–Crippen LogP) is 2.24. The van der Waals surface area contributed by atoms with Crippen molar-refractivity contribution in [1.29, 1.82) is 0 Å². The van der Waals surface area contributed by atoms with Crippen molar-refractivity contribution in [1.82, 2.24) is 14.5 Å². The first-order valence-corrected chi connectivity index (χ1v) is 10.3. The van der Waals surface area contributed by atoms with Gasteiger partial charge < -0.3 is 9.47 Å².